The maximum atomic E-state index is 12.1. The largest absolute Gasteiger partial charge is 0.484 e. The molecule has 0 spiro atoms. The number of rotatable bonds is 8. The van der Waals surface area contributed by atoms with Crippen LogP contribution in [0.25, 0.3) is 0 Å². The van der Waals surface area contributed by atoms with Crippen molar-refractivity contribution in [2.45, 2.75) is 33.1 Å². The molecule has 0 saturated heterocycles. The van der Waals surface area contributed by atoms with E-state index in [1.54, 1.807) is 24.3 Å². The number of amides is 2. The van der Waals surface area contributed by atoms with E-state index in [4.69, 9.17) is 9.47 Å². The second kappa shape index (κ2) is 9.78. The van der Waals surface area contributed by atoms with Gasteiger partial charge in [-0.3, -0.25) is 9.59 Å². The Balaban J connectivity index is 1.79. The minimum Gasteiger partial charge on any atom is -0.484 e. The lowest BCUT2D eigenvalue weighted by molar-refractivity contribution is -0.123. The van der Waals surface area contributed by atoms with E-state index in [9.17, 15) is 9.59 Å². The first kappa shape index (κ1) is 21.3. The molecule has 6 nitrogen and oxygen atoms in total. The van der Waals surface area contributed by atoms with Crippen LogP contribution in [0.3, 0.4) is 0 Å². The third-order valence-corrected chi connectivity index (χ3v) is 3.97. The molecule has 0 radical (unpaired) electrons. The van der Waals surface area contributed by atoms with Crippen molar-refractivity contribution in [2.75, 3.05) is 25.1 Å². The normalized spacial score (nSPS) is 10.9. The molecule has 0 fully saturated rings. The second-order valence-corrected chi connectivity index (χ2v) is 7.38. The van der Waals surface area contributed by atoms with Crippen LogP contribution in [-0.4, -0.2) is 31.6 Å². The average molecular weight is 384 g/mol. The number of hydrogen-bond donors (Lipinski definition) is 2. The maximum absolute atomic E-state index is 12.1. The third-order valence-electron chi connectivity index (χ3n) is 3.97. The van der Waals surface area contributed by atoms with Crippen molar-refractivity contribution in [1.82, 2.24) is 5.32 Å². The summed E-state index contributed by atoms with van der Waals surface area (Å²) < 4.78 is 10.9. The fraction of sp³-hybridized carbons (Fsp3) is 0.364. The van der Waals surface area contributed by atoms with E-state index in [2.05, 4.69) is 31.4 Å². The van der Waals surface area contributed by atoms with Gasteiger partial charge in [0.25, 0.3) is 11.8 Å². The molecule has 0 aliphatic rings. The molecule has 150 valence electrons. The van der Waals surface area contributed by atoms with E-state index < -0.39 is 0 Å². The Morgan fingerprint density at radius 2 is 1.32 bits per heavy atom. The van der Waals surface area contributed by atoms with Gasteiger partial charge in [0, 0.05) is 12.2 Å². The zero-order chi connectivity index (χ0) is 20.6. The predicted molar refractivity (Wildman–Crippen MR) is 110 cm³/mol. The van der Waals surface area contributed by atoms with Crippen molar-refractivity contribution in [3.63, 3.8) is 0 Å². The van der Waals surface area contributed by atoms with Gasteiger partial charge in [0.05, 0.1) is 0 Å². The van der Waals surface area contributed by atoms with Crippen molar-refractivity contribution < 1.29 is 19.1 Å². The SMILES string of the molecule is CCNC(=O)COc1ccc(NC(=O)COc2ccc(C(C)(C)C)cc2)cc1. The Kier molecular flexibility index (Phi) is 7.44. The summed E-state index contributed by atoms with van der Waals surface area (Å²) in [7, 11) is 0. The standard InChI is InChI=1S/C22H28N2O4/c1-5-23-20(25)14-27-19-12-8-17(9-13-19)24-21(26)15-28-18-10-6-16(7-11-18)22(2,3)4/h6-13H,5,14-15H2,1-4H3,(H,23,25)(H,24,26). The van der Waals surface area contributed by atoms with Crippen LogP contribution in [0.4, 0.5) is 5.69 Å². The molecule has 0 unspecified atom stereocenters. The third kappa shape index (κ3) is 6.95. The topological polar surface area (TPSA) is 76.7 Å². The van der Waals surface area contributed by atoms with Gasteiger partial charge in [0.1, 0.15) is 11.5 Å². The molecular formula is C22H28N2O4. The summed E-state index contributed by atoms with van der Waals surface area (Å²) in [6, 6.07) is 14.6. The maximum Gasteiger partial charge on any atom is 0.262 e. The summed E-state index contributed by atoms with van der Waals surface area (Å²) >= 11 is 0. The number of benzene rings is 2. The van der Waals surface area contributed by atoms with Crippen LogP contribution in [-0.2, 0) is 15.0 Å². The van der Waals surface area contributed by atoms with E-state index in [1.165, 1.54) is 5.56 Å². The highest BCUT2D eigenvalue weighted by Gasteiger charge is 2.13. The molecule has 0 aromatic heterocycles. The molecule has 0 atom stereocenters. The summed E-state index contributed by atoms with van der Waals surface area (Å²) in [6.45, 7) is 8.73. The molecule has 0 heterocycles. The number of ether oxygens (including phenoxy) is 2. The number of nitrogens with one attached hydrogen (secondary N) is 2. The number of carbonyl (C=O) groups excluding carboxylic acids is 2. The van der Waals surface area contributed by atoms with E-state index in [-0.39, 0.29) is 30.4 Å². The van der Waals surface area contributed by atoms with E-state index in [0.717, 1.165) is 0 Å². The van der Waals surface area contributed by atoms with Gasteiger partial charge in [0.15, 0.2) is 13.2 Å². The lowest BCUT2D eigenvalue weighted by atomic mass is 9.87. The minimum atomic E-state index is -0.254. The Bertz CT molecular complexity index is 778. The van der Waals surface area contributed by atoms with Crippen molar-refractivity contribution in [3.8, 4) is 11.5 Å². The fourth-order valence-corrected chi connectivity index (χ4v) is 2.43. The molecular weight excluding hydrogens is 356 g/mol. The molecule has 28 heavy (non-hydrogen) atoms. The van der Waals surface area contributed by atoms with Crippen molar-refractivity contribution in [2.24, 2.45) is 0 Å². The molecule has 0 aliphatic heterocycles. The fourth-order valence-electron chi connectivity index (χ4n) is 2.43. The smallest absolute Gasteiger partial charge is 0.262 e. The Morgan fingerprint density at radius 3 is 1.82 bits per heavy atom. The molecule has 2 amide bonds. The number of anilines is 1. The lowest BCUT2D eigenvalue weighted by Gasteiger charge is -2.19. The predicted octanol–water partition coefficient (Wildman–Crippen LogP) is 3.52. The van der Waals surface area contributed by atoms with Gasteiger partial charge in [-0.1, -0.05) is 32.9 Å². The summed E-state index contributed by atoms with van der Waals surface area (Å²) in [6.07, 6.45) is 0. The molecule has 6 heteroatoms. The Morgan fingerprint density at radius 1 is 0.821 bits per heavy atom. The first-order chi connectivity index (χ1) is 13.3. The van der Waals surface area contributed by atoms with Crippen LogP contribution in [0.1, 0.15) is 33.3 Å². The van der Waals surface area contributed by atoms with Gasteiger partial charge in [-0.2, -0.15) is 0 Å². The first-order valence-corrected chi connectivity index (χ1v) is 9.30. The highest BCUT2D eigenvalue weighted by atomic mass is 16.5. The zero-order valence-electron chi connectivity index (χ0n) is 16.9. The lowest BCUT2D eigenvalue weighted by Crippen LogP contribution is -2.28. The molecule has 2 aromatic rings. The molecule has 2 aromatic carbocycles. The van der Waals surface area contributed by atoms with Gasteiger partial charge in [-0.05, 0) is 54.3 Å². The van der Waals surface area contributed by atoms with Crippen LogP contribution in [0, 0.1) is 0 Å². The molecule has 2 N–H and O–H groups in total. The number of hydrogen-bond acceptors (Lipinski definition) is 4. The van der Waals surface area contributed by atoms with Gasteiger partial charge >= 0.3 is 0 Å². The van der Waals surface area contributed by atoms with Crippen molar-refractivity contribution >= 4 is 17.5 Å². The number of carbonyl (C=O) groups is 2. The van der Waals surface area contributed by atoms with E-state index >= 15 is 0 Å². The molecule has 0 bridgehead atoms. The van der Waals surface area contributed by atoms with Gasteiger partial charge < -0.3 is 20.1 Å². The van der Waals surface area contributed by atoms with Gasteiger partial charge in [-0.25, -0.2) is 0 Å². The van der Waals surface area contributed by atoms with Crippen LogP contribution < -0.4 is 20.1 Å². The van der Waals surface area contributed by atoms with Crippen LogP contribution in [0.5, 0.6) is 11.5 Å². The number of likely N-dealkylation sites (N-methyl/N-ethyl adjacent to an activating group) is 1. The summed E-state index contributed by atoms with van der Waals surface area (Å²) in [4.78, 5) is 23.4. The summed E-state index contributed by atoms with van der Waals surface area (Å²) in [5, 5.41) is 5.42. The summed E-state index contributed by atoms with van der Waals surface area (Å²) in [5.74, 6) is 0.778. The van der Waals surface area contributed by atoms with Crippen LogP contribution in [0.2, 0.25) is 0 Å². The molecule has 0 saturated carbocycles. The van der Waals surface area contributed by atoms with E-state index in [1.807, 2.05) is 31.2 Å². The van der Waals surface area contributed by atoms with Crippen LogP contribution in [0.15, 0.2) is 48.5 Å². The quantitative estimate of drug-likeness (QED) is 0.730. The molecule has 2 rings (SSSR count). The summed E-state index contributed by atoms with van der Waals surface area (Å²) in [5.41, 5.74) is 1.91. The highest BCUT2D eigenvalue weighted by Crippen LogP contribution is 2.24. The minimum absolute atomic E-state index is 0.0403. The second-order valence-electron chi connectivity index (χ2n) is 7.38. The zero-order valence-corrected chi connectivity index (χ0v) is 16.9. The Labute approximate surface area is 166 Å². The first-order valence-electron chi connectivity index (χ1n) is 9.30. The molecule has 0 aliphatic carbocycles. The highest BCUT2D eigenvalue weighted by molar-refractivity contribution is 5.91. The van der Waals surface area contributed by atoms with Gasteiger partial charge in [-0.15, -0.1) is 0 Å². The average Bonchev–Trinajstić information content (AvgIpc) is 2.66. The van der Waals surface area contributed by atoms with Crippen molar-refractivity contribution in [3.05, 3.63) is 54.1 Å². The van der Waals surface area contributed by atoms with Gasteiger partial charge in [0.2, 0.25) is 0 Å². The van der Waals surface area contributed by atoms with Crippen molar-refractivity contribution in [1.29, 1.82) is 0 Å². The van der Waals surface area contributed by atoms with E-state index in [0.29, 0.717) is 23.7 Å². The van der Waals surface area contributed by atoms with Crippen LogP contribution >= 0.6 is 0 Å². The monoisotopic (exact) mass is 384 g/mol. The Hall–Kier alpha value is -3.02.